The summed E-state index contributed by atoms with van der Waals surface area (Å²) in [4.78, 5) is 68.5. The van der Waals surface area contributed by atoms with Crippen molar-refractivity contribution >= 4 is 113 Å². The van der Waals surface area contributed by atoms with E-state index in [1.165, 1.54) is 46.5 Å². The average Bonchev–Trinajstić information content (AvgIpc) is 0.806. The lowest BCUT2D eigenvalue weighted by atomic mass is 9.71. The lowest BCUT2D eigenvalue weighted by Gasteiger charge is -2.34. The van der Waals surface area contributed by atoms with Gasteiger partial charge in [-0.05, 0) is 390 Å². The molecular weight excluding hydrogens is 1590 g/mol. The Kier molecular flexibility index (Phi) is 31.5. The highest BCUT2D eigenvalue weighted by molar-refractivity contribution is 6.31. The second-order valence-electron chi connectivity index (χ2n) is 33.9. The predicted octanol–water partition coefficient (Wildman–Crippen LogP) is 30.4. The van der Waals surface area contributed by atoms with Gasteiger partial charge in [-0.2, -0.15) is 0 Å². The molecule has 4 aliphatic carbocycles. The van der Waals surface area contributed by atoms with Gasteiger partial charge in [0.25, 0.3) is 0 Å². The average molecular weight is 1700 g/mol. The van der Waals surface area contributed by atoms with Gasteiger partial charge in [0.1, 0.15) is 23.3 Å². The predicted molar refractivity (Wildman–Crippen MR) is 482 cm³/mol. The number of hydrogen-bond donors (Lipinski definition) is 0. The monoisotopic (exact) mass is 1690 g/mol. The Balaban J connectivity index is 0.000000138. The summed E-state index contributed by atoms with van der Waals surface area (Å²) in [5, 5.41) is 6.36. The minimum Gasteiger partial charge on any atom is -0.294 e. The minimum absolute atomic E-state index is 0.205. The molecule has 0 radical (unpaired) electrons. The van der Waals surface area contributed by atoms with Crippen LogP contribution in [-0.4, -0.2) is 43.1 Å². The van der Waals surface area contributed by atoms with Crippen molar-refractivity contribution in [2.75, 3.05) is 0 Å². The zero-order chi connectivity index (χ0) is 84.3. The van der Waals surface area contributed by atoms with Crippen molar-refractivity contribution in [2.24, 2.45) is 47.3 Å². The van der Waals surface area contributed by atoms with Crippen molar-refractivity contribution in [3.63, 3.8) is 0 Å². The van der Waals surface area contributed by atoms with Crippen LogP contribution < -0.4 is 0 Å². The van der Waals surface area contributed by atoms with Gasteiger partial charge in [-0.1, -0.05) is 99.8 Å². The van der Waals surface area contributed by atoms with E-state index in [1.807, 2.05) is 97.6 Å². The molecule has 4 aromatic heterocycles. The molecule has 0 amide bonds. The van der Waals surface area contributed by atoms with Crippen LogP contribution in [0.15, 0.2) is 219 Å². The Morgan fingerprint density at radius 3 is 0.633 bits per heavy atom. The molecule has 4 aliphatic rings. The molecule has 0 saturated heterocycles. The second kappa shape index (κ2) is 42.6. The summed E-state index contributed by atoms with van der Waals surface area (Å²) in [5.74, 6) is 5.55. The van der Waals surface area contributed by atoms with Crippen molar-refractivity contribution < 1.29 is 36.7 Å². The van der Waals surface area contributed by atoms with E-state index >= 15 is 0 Å². The normalized spacial score (nSPS) is 20.2. The van der Waals surface area contributed by atoms with Gasteiger partial charge in [0.15, 0.2) is 23.1 Å². The first-order valence-electron chi connectivity index (χ1n) is 43.5. The van der Waals surface area contributed by atoms with Gasteiger partial charge in [-0.3, -0.25) is 39.1 Å². The number of nitrogens with zero attached hydrogens (tertiary/aromatic N) is 4. The number of ketones is 4. The first kappa shape index (κ1) is 88.7. The van der Waals surface area contributed by atoms with Gasteiger partial charge in [0.2, 0.25) is 0 Å². The number of halogens is 8. The summed E-state index contributed by atoms with van der Waals surface area (Å²) < 4.78 is 55.3. The van der Waals surface area contributed by atoms with Crippen LogP contribution in [0.1, 0.15) is 269 Å². The van der Waals surface area contributed by atoms with E-state index < -0.39 is 0 Å². The summed E-state index contributed by atoms with van der Waals surface area (Å²) in [6, 6.07) is 56.4. The van der Waals surface area contributed by atoms with Crippen LogP contribution in [0.5, 0.6) is 0 Å². The van der Waals surface area contributed by atoms with E-state index in [4.69, 9.17) is 46.4 Å². The van der Waals surface area contributed by atoms with E-state index in [9.17, 15) is 36.7 Å². The van der Waals surface area contributed by atoms with E-state index in [1.54, 1.807) is 97.1 Å². The molecular formula is C104H108Cl4F4N4O4. The van der Waals surface area contributed by atoms with Gasteiger partial charge in [-0.15, -0.1) is 0 Å². The van der Waals surface area contributed by atoms with E-state index in [2.05, 4.69) is 47.6 Å². The number of Topliss-reactive ketones (excluding diaryl/α,β-unsaturated/α-hetero) is 4. The Labute approximate surface area is 724 Å². The number of hydrogen-bond acceptors (Lipinski definition) is 8. The number of pyridine rings is 4. The molecule has 4 atom stereocenters. The standard InChI is InChI=1S/4C26H27ClFNO/c4*1-2-17(15-26(30)20-7-9-21(27)10-8-20)18-3-5-19(6-4-18)23-13-14-29-25-12-11-22(28)16-24(23)25/h4*7-14,16-19H,2-6,15H2,1H3/t3*17-,18?,19?;/m100./s1. The van der Waals surface area contributed by atoms with Crippen LogP contribution in [0.4, 0.5) is 17.6 Å². The van der Waals surface area contributed by atoms with E-state index in [0.717, 1.165) is 194 Å². The summed E-state index contributed by atoms with van der Waals surface area (Å²) in [5.41, 5.74) is 11.3. The SMILES string of the molecule is CCC(CC(=O)c1ccc(Cl)cc1)C1CCC(c2ccnc3ccc(F)cc23)CC1.CC[C@@H](CC(=O)c1ccc(Cl)cc1)C1CCC(c2ccnc3ccc(F)cc23)CC1.CC[C@@H](CC(=O)c1ccc(Cl)cc1)C1CCC(c2ccnc3ccc(F)cc23)CC1.CC[C@H](CC(=O)c1ccc(Cl)cc1)C1CCC(c2ccnc3ccc(F)cc23)CC1. The molecule has 0 bridgehead atoms. The summed E-state index contributed by atoms with van der Waals surface area (Å²) in [6.07, 6.45) is 31.2. The van der Waals surface area contributed by atoms with E-state index in [-0.39, 0.29) is 46.4 Å². The van der Waals surface area contributed by atoms with Crippen molar-refractivity contribution in [1.82, 2.24) is 19.9 Å². The molecule has 0 aliphatic heterocycles. The van der Waals surface area contributed by atoms with Gasteiger partial charge >= 0.3 is 0 Å². The van der Waals surface area contributed by atoms with E-state index in [0.29, 0.717) is 117 Å². The molecule has 8 nitrogen and oxygen atoms in total. The Morgan fingerprint density at radius 2 is 0.458 bits per heavy atom. The van der Waals surface area contributed by atoms with Crippen LogP contribution in [0.3, 0.4) is 0 Å². The first-order valence-corrected chi connectivity index (χ1v) is 45.0. The molecule has 0 N–H and O–H groups in total. The third-order valence-electron chi connectivity index (χ3n) is 27.0. The molecule has 1 unspecified atom stereocenters. The van der Waals surface area contributed by atoms with Gasteiger partial charge in [0, 0.05) is 114 Å². The lowest BCUT2D eigenvalue weighted by molar-refractivity contribution is 0.0918. The number of carbonyl (C=O) groups is 4. The quantitative estimate of drug-likeness (QED) is 0.0433. The van der Waals surface area contributed by atoms with Crippen LogP contribution >= 0.6 is 46.4 Å². The zero-order valence-electron chi connectivity index (χ0n) is 69.1. The molecule has 4 heterocycles. The molecule has 12 aromatic rings. The van der Waals surface area contributed by atoms with Gasteiger partial charge in [-0.25, -0.2) is 17.6 Å². The van der Waals surface area contributed by atoms with Crippen LogP contribution in [0.25, 0.3) is 43.6 Å². The number of benzene rings is 8. The van der Waals surface area contributed by atoms with Gasteiger partial charge < -0.3 is 0 Å². The number of aromatic nitrogens is 4. The van der Waals surface area contributed by atoms with Crippen LogP contribution in [0.2, 0.25) is 20.1 Å². The third-order valence-corrected chi connectivity index (χ3v) is 28.0. The molecule has 8 aromatic carbocycles. The highest BCUT2D eigenvalue weighted by Gasteiger charge is 2.35. The molecule has 624 valence electrons. The van der Waals surface area contributed by atoms with Crippen molar-refractivity contribution in [2.45, 2.75) is 205 Å². The Hall–Kier alpha value is -9.04. The maximum atomic E-state index is 13.8. The fourth-order valence-corrected chi connectivity index (χ4v) is 20.6. The number of rotatable bonds is 24. The molecule has 16 heteroatoms. The smallest absolute Gasteiger partial charge is 0.163 e. The number of carbonyl (C=O) groups excluding carboxylic acids is 4. The summed E-state index contributed by atoms with van der Waals surface area (Å²) in [6.45, 7) is 8.74. The highest BCUT2D eigenvalue weighted by Crippen LogP contribution is 2.48. The molecule has 0 spiro atoms. The molecule has 120 heavy (non-hydrogen) atoms. The van der Waals surface area contributed by atoms with Crippen molar-refractivity contribution in [1.29, 1.82) is 0 Å². The Morgan fingerprint density at radius 1 is 0.275 bits per heavy atom. The first-order chi connectivity index (χ1) is 58.2. The minimum atomic E-state index is -0.211. The fraction of sp³-hybridized carbons (Fsp3) is 0.385. The maximum absolute atomic E-state index is 13.8. The third kappa shape index (κ3) is 23.0. The zero-order valence-corrected chi connectivity index (χ0v) is 72.2. The number of fused-ring (bicyclic) bond motifs is 4. The van der Waals surface area contributed by atoms with Crippen LogP contribution in [-0.2, 0) is 0 Å². The fourth-order valence-electron chi connectivity index (χ4n) is 20.1. The molecule has 4 fully saturated rings. The van der Waals surface area contributed by atoms with Crippen LogP contribution in [0, 0.1) is 70.6 Å². The summed E-state index contributed by atoms with van der Waals surface area (Å²) in [7, 11) is 0. The highest BCUT2D eigenvalue weighted by atomic mass is 35.5. The van der Waals surface area contributed by atoms with Gasteiger partial charge in [0.05, 0.1) is 22.1 Å². The lowest BCUT2D eigenvalue weighted by Crippen LogP contribution is -2.23. The largest absolute Gasteiger partial charge is 0.294 e. The summed E-state index contributed by atoms with van der Waals surface area (Å²) >= 11 is 23.8. The molecule has 16 rings (SSSR count). The Bertz CT molecular complexity index is 4770. The van der Waals surface area contributed by atoms with Crippen molar-refractivity contribution in [3.8, 4) is 0 Å². The maximum Gasteiger partial charge on any atom is 0.163 e. The topological polar surface area (TPSA) is 120 Å². The van der Waals surface area contributed by atoms with Crippen molar-refractivity contribution in [3.05, 3.63) is 307 Å². The molecule has 4 saturated carbocycles. The second-order valence-corrected chi connectivity index (χ2v) is 35.6.